The molecule has 4 heteroatoms. The van der Waals surface area contributed by atoms with Crippen LogP contribution in [-0.4, -0.2) is 29.1 Å². The van der Waals surface area contributed by atoms with Crippen molar-refractivity contribution >= 4 is 5.97 Å². The van der Waals surface area contributed by atoms with E-state index < -0.39 is 11.4 Å². The number of carboxylic acid groups (broad SMARTS) is 1. The zero-order valence-corrected chi connectivity index (χ0v) is 8.44. The number of hydrogen-bond acceptors (Lipinski definition) is 3. The van der Waals surface area contributed by atoms with Gasteiger partial charge in [-0.1, -0.05) is 6.07 Å². The highest BCUT2D eigenvalue weighted by Gasteiger charge is 2.42. The van der Waals surface area contributed by atoms with Crippen LogP contribution in [0.2, 0.25) is 0 Å². The highest BCUT2D eigenvalue weighted by Crippen LogP contribution is 2.32. The number of nitrogens with zero attached hydrogens (tertiary/aromatic N) is 1. The maximum atomic E-state index is 11.4. The van der Waals surface area contributed by atoms with Crippen LogP contribution in [0, 0.1) is 0 Å². The first-order valence-corrected chi connectivity index (χ1v) is 5.11. The lowest BCUT2D eigenvalue weighted by atomic mass is 9.76. The Morgan fingerprint density at radius 3 is 2.67 bits per heavy atom. The Bertz CT molecular complexity index is 345. The predicted molar refractivity (Wildman–Crippen MR) is 55.7 cm³/mol. The first kappa shape index (κ1) is 10.1. The average molecular weight is 206 g/mol. The minimum Gasteiger partial charge on any atom is -0.481 e. The molecule has 4 nitrogen and oxygen atoms in total. The largest absolute Gasteiger partial charge is 0.481 e. The number of pyridine rings is 1. The molecule has 1 saturated heterocycles. The normalized spacial score (nSPS) is 19.7. The molecule has 15 heavy (non-hydrogen) atoms. The third kappa shape index (κ3) is 1.72. The molecule has 1 aliphatic heterocycles. The molecular formula is C11H14N2O2. The van der Waals surface area contributed by atoms with Gasteiger partial charge in [-0.25, -0.2) is 0 Å². The van der Waals surface area contributed by atoms with Gasteiger partial charge >= 0.3 is 5.97 Å². The van der Waals surface area contributed by atoms with Gasteiger partial charge in [-0.15, -0.1) is 0 Å². The van der Waals surface area contributed by atoms with Gasteiger partial charge in [-0.3, -0.25) is 9.78 Å². The monoisotopic (exact) mass is 206 g/mol. The molecule has 1 aliphatic rings. The number of hydrogen-bond donors (Lipinski definition) is 2. The first-order valence-electron chi connectivity index (χ1n) is 5.11. The van der Waals surface area contributed by atoms with Crippen molar-refractivity contribution in [3.63, 3.8) is 0 Å². The van der Waals surface area contributed by atoms with Gasteiger partial charge < -0.3 is 10.4 Å². The summed E-state index contributed by atoms with van der Waals surface area (Å²) < 4.78 is 0. The van der Waals surface area contributed by atoms with Gasteiger partial charge in [0.25, 0.3) is 0 Å². The second-order valence-corrected chi connectivity index (χ2v) is 3.85. The molecule has 1 aromatic heterocycles. The Hall–Kier alpha value is -1.42. The first-order chi connectivity index (χ1) is 7.26. The molecule has 0 atom stereocenters. The molecule has 80 valence electrons. The molecular weight excluding hydrogens is 192 g/mol. The molecule has 0 amide bonds. The summed E-state index contributed by atoms with van der Waals surface area (Å²) in [6, 6.07) is 5.45. The smallest absolute Gasteiger partial charge is 0.315 e. The zero-order valence-electron chi connectivity index (χ0n) is 8.44. The van der Waals surface area contributed by atoms with Crippen LogP contribution < -0.4 is 5.32 Å². The van der Waals surface area contributed by atoms with Crippen LogP contribution in [0.4, 0.5) is 0 Å². The van der Waals surface area contributed by atoms with E-state index in [2.05, 4.69) is 10.3 Å². The Morgan fingerprint density at radius 1 is 1.40 bits per heavy atom. The molecule has 0 saturated carbocycles. The van der Waals surface area contributed by atoms with Crippen molar-refractivity contribution in [3.05, 3.63) is 30.1 Å². The standard InChI is InChI=1S/C11H14N2O2/c14-10(15)11(4-7-12-8-5-11)9-3-1-2-6-13-9/h1-3,6,12H,4-5,7-8H2,(H,14,15). The molecule has 2 rings (SSSR count). The Labute approximate surface area is 88.3 Å². The van der Waals surface area contributed by atoms with E-state index in [-0.39, 0.29) is 0 Å². The van der Waals surface area contributed by atoms with Crippen molar-refractivity contribution in [2.24, 2.45) is 0 Å². The number of rotatable bonds is 2. The molecule has 0 aromatic carbocycles. The fourth-order valence-corrected chi connectivity index (χ4v) is 2.08. The van der Waals surface area contributed by atoms with E-state index in [0.29, 0.717) is 18.5 Å². The van der Waals surface area contributed by atoms with Crippen LogP contribution in [0.25, 0.3) is 0 Å². The van der Waals surface area contributed by atoms with Crippen LogP contribution in [0.3, 0.4) is 0 Å². The van der Waals surface area contributed by atoms with Crippen LogP contribution in [0.5, 0.6) is 0 Å². The van der Waals surface area contributed by atoms with Crippen LogP contribution in [-0.2, 0) is 10.2 Å². The van der Waals surface area contributed by atoms with Crippen molar-refractivity contribution in [3.8, 4) is 0 Å². The number of carbonyl (C=O) groups is 1. The highest BCUT2D eigenvalue weighted by molar-refractivity contribution is 5.80. The quantitative estimate of drug-likeness (QED) is 0.751. The third-order valence-electron chi connectivity index (χ3n) is 3.02. The number of piperidine rings is 1. The number of aromatic nitrogens is 1. The Kier molecular flexibility index (Phi) is 2.68. The Balaban J connectivity index is 2.38. The number of carboxylic acids is 1. The van der Waals surface area contributed by atoms with E-state index in [0.717, 1.165) is 13.1 Å². The SMILES string of the molecule is O=C(O)C1(c2ccccn2)CCNCC1. The van der Waals surface area contributed by atoms with Gasteiger partial charge in [-0.05, 0) is 38.1 Å². The molecule has 1 fully saturated rings. The van der Waals surface area contributed by atoms with E-state index in [9.17, 15) is 9.90 Å². The molecule has 2 heterocycles. The fraction of sp³-hybridized carbons (Fsp3) is 0.455. The zero-order chi connectivity index (χ0) is 10.7. The molecule has 0 aliphatic carbocycles. The predicted octanol–water partition coefficient (Wildman–Crippen LogP) is 0.787. The van der Waals surface area contributed by atoms with E-state index in [1.165, 1.54) is 0 Å². The lowest BCUT2D eigenvalue weighted by Crippen LogP contribution is -2.46. The van der Waals surface area contributed by atoms with E-state index in [4.69, 9.17) is 0 Å². The van der Waals surface area contributed by atoms with Gasteiger partial charge in [0.1, 0.15) is 5.41 Å². The van der Waals surface area contributed by atoms with E-state index in [1.54, 1.807) is 18.3 Å². The molecule has 0 spiro atoms. The summed E-state index contributed by atoms with van der Waals surface area (Å²) in [5.74, 6) is -0.761. The summed E-state index contributed by atoms with van der Waals surface area (Å²) >= 11 is 0. The summed E-state index contributed by atoms with van der Waals surface area (Å²) in [7, 11) is 0. The minimum atomic E-state index is -0.785. The maximum Gasteiger partial charge on any atom is 0.315 e. The van der Waals surface area contributed by atoms with Gasteiger partial charge in [0.2, 0.25) is 0 Å². The van der Waals surface area contributed by atoms with E-state index in [1.807, 2.05) is 6.07 Å². The van der Waals surface area contributed by atoms with Gasteiger partial charge in [0, 0.05) is 6.20 Å². The van der Waals surface area contributed by atoms with Crippen LogP contribution in [0.1, 0.15) is 18.5 Å². The van der Waals surface area contributed by atoms with Crippen LogP contribution >= 0.6 is 0 Å². The van der Waals surface area contributed by atoms with Crippen molar-refractivity contribution in [2.45, 2.75) is 18.3 Å². The lowest BCUT2D eigenvalue weighted by molar-refractivity contribution is -0.145. The molecule has 1 aromatic rings. The van der Waals surface area contributed by atoms with Crippen molar-refractivity contribution in [1.82, 2.24) is 10.3 Å². The lowest BCUT2D eigenvalue weighted by Gasteiger charge is -2.32. The summed E-state index contributed by atoms with van der Waals surface area (Å²) in [6.45, 7) is 1.48. The highest BCUT2D eigenvalue weighted by atomic mass is 16.4. The molecule has 0 unspecified atom stereocenters. The summed E-state index contributed by atoms with van der Waals surface area (Å²) in [6.07, 6.45) is 2.88. The second-order valence-electron chi connectivity index (χ2n) is 3.85. The maximum absolute atomic E-state index is 11.4. The average Bonchev–Trinajstić information content (AvgIpc) is 2.31. The molecule has 2 N–H and O–H groups in total. The van der Waals surface area contributed by atoms with Crippen molar-refractivity contribution in [1.29, 1.82) is 0 Å². The number of nitrogens with one attached hydrogen (secondary N) is 1. The second kappa shape index (κ2) is 3.98. The summed E-state index contributed by atoms with van der Waals surface area (Å²) in [4.78, 5) is 15.6. The summed E-state index contributed by atoms with van der Waals surface area (Å²) in [5, 5.41) is 12.5. The topological polar surface area (TPSA) is 62.2 Å². The van der Waals surface area contributed by atoms with Crippen molar-refractivity contribution in [2.75, 3.05) is 13.1 Å². The minimum absolute atomic E-state index is 0.610. The van der Waals surface area contributed by atoms with Gasteiger partial charge in [0.15, 0.2) is 0 Å². The van der Waals surface area contributed by atoms with Gasteiger partial charge in [0.05, 0.1) is 5.69 Å². The third-order valence-corrected chi connectivity index (χ3v) is 3.02. The summed E-state index contributed by atoms with van der Waals surface area (Å²) in [5.41, 5.74) is -0.106. The fourth-order valence-electron chi connectivity index (χ4n) is 2.08. The molecule has 0 radical (unpaired) electrons. The molecule has 0 bridgehead atoms. The van der Waals surface area contributed by atoms with Crippen molar-refractivity contribution < 1.29 is 9.90 Å². The van der Waals surface area contributed by atoms with Gasteiger partial charge in [-0.2, -0.15) is 0 Å². The Morgan fingerprint density at radius 2 is 2.13 bits per heavy atom. The number of aliphatic carboxylic acids is 1. The van der Waals surface area contributed by atoms with E-state index >= 15 is 0 Å². The van der Waals surface area contributed by atoms with Crippen LogP contribution in [0.15, 0.2) is 24.4 Å².